The zero-order valence-corrected chi connectivity index (χ0v) is 12.3. The number of hydrogen-bond acceptors (Lipinski definition) is 2. The van der Waals surface area contributed by atoms with E-state index in [1.807, 2.05) is 0 Å². The van der Waals surface area contributed by atoms with E-state index in [1.54, 1.807) is 6.92 Å². The summed E-state index contributed by atoms with van der Waals surface area (Å²) in [5.74, 6) is -0.0362. The number of unbranched alkanes of at least 4 members (excludes halogenated alkanes) is 9. The summed E-state index contributed by atoms with van der Waals surface area (Å²) in [5.41, 5.74) is 5.45. The lowest BCUT2D eigenvalue weighted by Crippen LogP contribution is -2.38. The Kier molecular flexibility index (Phi) is 12.5. The highest BCUT2D eigenvalue weighted by Crippen LogP contribution is 2.10. The molecule has 0 saturated heterocycles. The Bertz CT molecular complexity index is 193. The number of nitrogens with two attached hydrogens (primary N) is 1. The molecule has 0 saturated carbocycles. The molecule has 0 aliphatic carbocycles. The molecule has 0 heterocycles. The Hall–Kier alpha value is -0.570. The van der Waals surface area contributed by atoms with Crippen molar-refractivity contribution in [3.63, 3.8) is 0 Å². The van der Waals surface area contributed by atoms with Gasteiger partial charge < -0.3 is 11.1 Å². The van der Waals surface area contributed by atoms with Crippen molar-refractivity contribution in [2.45, 2.75) is 84.1 Å². The molecule has 0 unspecified atom stereocenters. The van der Waals surface area contributed by atoms with Crippen molar-refractivity contribution in [1.29, 1.82) is 0 Å². The normalized spacial score (nSPS) is 12.4. The second kappa shape index (κ2) is 12.9. The highest BCUT2D eigenvalue weighted by Gasteiger charge is 2.04. The SMILES string of the molecule is CCCCCCCCCCCCNC(=O)[C@H](C)N. The van der Waals surface area contributed by atoms with Crippen LogP contribution in [-0.2, 0) is 4.79 Å². The van der Waals surface area contributed by atoms with Gasteiger partial charge in [-0.15, -0.1) is 0 Å². The van der Waals surface area contributed by atoms with Gasteiger partial charge in [-0.2, -0.15) is 0 Å². The smallest absolute Gasteiger partial charge is 0.236 e. The van der Waals surface area contributed by atoms with Gasteiger partial charge in [-0.3, -0.25) is 4.79 Å². The van der Waals surface area contributed by atoms with Gasteiger partial charge in [0.25, 0.3) is 0 Å². The number of nitrogens with one attached hydrogen (secondary N) is 1. The lowest BCUT2D eigenvalue weighted by Gasteiger charge is -2.07. The van der Waals surface area contributed by atoms with Crippen molar-refractivity contribution in [3.8, 4) is 0 Å². The standard InChI is InChI=1S/C15H32N2O/c1-3-4-5-6-7-8-9-10-11-12-13-17-15(18)14(2)16/h14H,3-13,16H2,1-2H3,(H,17,18)/t14-/m0/s1. The van der Waals surface area contributed by atoms with Crippen LogP contribution in [0.15, 0.2) is 0 Å². The fourth-order valence-electron chi connectivity index (χ4n) is 1.99. The average molecular weight is 256 g/mol. The minimum Gasteiger partial charge on any atom is -0.355 e. The van der Waals surface area contributed by atoms with Crippen LogP contribution in [-0.4, -0.2) is 18.5 Å². The largest absolute Gasteiger partial charge is 0.355 e. The monoisotopic (exact) mass is 256 g/mol. The first-order valence-corrected chi connectivity index (χ1v) is 7.71. The Balaban J connectivity index is 3.05. The molecule has 1 atom stereocenters. The van der Waals surface area contributed by atoms with Crippen LogP contribution < -0.4 is 11.1 Å². The van der Waals surface area contributed by atoms with Gasteiger partial charge in [0.15, 0.2) is 0 Å². The predicted molar refractivity (Wildman–Crippen MR) is 78.5 cm³/mol. The second-order valence-electron chi connectivity index (χ2n) is 5.26. The van der Waals surface area contributed by atoms with Gasteiger partial charge in [0.1, 0.15) is 0 Å². The molecular weight excluding hydrogens is 224 g/mol. The van der Waals surface area contributed by atoms with Crippen molar-refractivity contribution in [1.82, 2.24) is 5.32 Å². The van der Waals surface area contributed by atoms with Crippen LogP contribution >= 0.6 is 0 Å². The van der Waals surface area contributed by atoms with Crippen LogP contribution in [0.5, 0.6) is 0 Å². The molecule has 0 aliphatic heterocycles. The van der Waals surface area contributed by atoms with Crippen molar-refractivity contribution in [2.24, 2.45) is 5.73 Å². The molecule has 0 aromatic rings. The van der Waals surface area contributed by atoms with E-state index in [1.165, 1.54) is 57.8 Å². The van der Waals surface area contributed by atoms with Crippen LogP contribution in [0.4, 0.5) is 0 Å². The van der Waals surface area contributed by atoms with Crippen molar-refractivity contribution in [3.05, 3.63) is 0 Å². The number of carbonyl (C=O) groups excluding carboxylic acids is 1. The molecule has 0 aromatic carbocycles. The molecule has 18 heavy (non-hydrogen) atoms. The molecule has 3 heteroatoms. The summed E-state index contributed by atoms with van der Waals surface area (Å²) in [6.45, 7) is 4.74. The van der Waals surface area contributed by atoms with Crippen molar-refractivity contribution < 1.29 is 4.79 Å². The maximum atomic E-state index is 11.2. The molecule has 0 rings (SSSR count). The highest BCUT2D eigenvalue weighted by atomic mass is 16.2. The van der Waals surface area contributed by atoms with Crippen molar-refractivity contribution >= 4 is 5.91 Å². The number of carbonyl (C=O) groups is 1. The van der Waals surface area contributed by atoms with Gasteiger partial charge in [0.2, 0.25) is 5.91 Å². The molecule has 0 aliphatic rings. The van der Waals surface area contributed by atoms with E-state index in [2.05, 4.69) is 12.2 Å². The van der Waals surface area contributed by atoms with E-state index in [4.69, 9.17) is 5.73 Å². The summed E-state index contributed by atoms with van der Waals surface area (Å²) in [6, 6.07) is -0.381. The third-order valence-electron chi connectivity index (χ3n) is 3.24. The van der Waals surface area contributed by atoms with E-state index >= 15 is 0 Å². The van der Waals surface area contributed by atoms with Crippen LogP contribution in [0.1, 0.15) is 78.1 Å². The number of hydrogen-bond donors (Lipinski definition) is 2. The zero-order chi connectivity index (χ0) is 13.6. The molecule has 0 bridgehead atoms. The first-order valence-electron chi connectivity index (χ1n) is 7.71. The zero-order valence-electron chi connectivity index (χ0n) is 12.3. The molecule has 3 nitrogen and oxygen atoms in total. The minimum absolute atomic E-state index is 0.0362. The summed E-state index contributed by atoms with van der Waals surface area (Å²) in [4.78, 5) is 11.2. The van der Waals surface area contributed by atoms with Gasteiger partial charge in [-0.1, -0.05) is 64.7 Å². The highest BCUT2D eigenvalue weighted by molar-refractivity contribution is 5.80. The van der Waals surface area contributed by atoms with E-state index in [0.717, 1.165) is 13.0 Å². The summed E-state index contributed by atoms with van der Waals surface area (Å²) >= 11 is 0. The number of amides is 1. The Morgan fingerprint density at radius 3 is 1.83 bits per heavy atom. The molecule has 0 fully saturated rings. The van der Waals surface area contributed by atoms with Crippen LogP contribution in [0, 0.1) is 0 Å². The molecule has 0 spiro atoms. The molecule has 0 aromatic heterocycles. The van der Waals surface area contributed by atoms with Gasteiger partial charge in [-0.05, 0) is 13.3 Å². The van der Waals surface area contributed by atoms with Crippen LogP contribution in [0.2, 0.25) is 0 Å². The first kappa shape index (κ1) is 17.4. The topological polar surface area (TPSA) is 55.1 Å². The lowest BCUT2D eigenvalue weighted by molar-refractivity contribution is -0.121. The van der Waals surface area contributed by atoms with Gasteiger partial charge in [0, 0.05) is 6.54 Å². The third-order valence-corrected chi connectivity index (χ3v) is 3.24. The minimum atomic E-state index is -0.381. The van der Waals surface area contributed by atoms with Gasteiger partial charge in [0.05, 0.1) is 6.04 Å². The van der Waals surface area contributed by atoms with Crippen LogP contribution in [0.25, 0.3) is 0 Å². The molecule has 108 valence electrons. The first-order chi connectivity index (χ1) is 8.68. The maximum Gasteiger partial charge on any atom is 0.236 e. The van der Waals surface area contributed by atoms with Gasteiger partial charge in [-0.25, -0.2) is 0 Å². The number of rotatable bonds is 12. The summed E-state index contributed by atoms with van der Waals surface area (Å²) in [6.07, 6.45) is 13.2. The quantitative estimate of drug-likeness (QED) is 0.526. The van der Waals surface area contributed by atoms with E-state index in [-0.39, 0.29) is 11.9 Å². The fraction of sp³-hybridized carbons (Fsp3) is 0.933. The lowest BCUT2D eigenvalue weighted by atomic mass is 10.1. The molecular formula is C15H32N2O. The van der Waals surface area contributed by atoms with E-state index in [9.17, 15) is 4.79 Å². The Labute approximate surface area is 113 Å². The van der Waals surface area contributed by atoms with E-state index < -0.39 is 0 Å². The second-order valence-corrected chi connectivity index (χ2v) is 5.26. The third kappa shape index (κ3) is 11.9. The van der Waals surface area contributed by atoms with E-state index in [0.29, 0.717) is 0 Å². The Morgan fingerprint density at radius 1 is 0.944 bits per heavy atom. The van der Waals surface area contributed by atoms with Crippen molar-refractivity contribution in [2.75, 3.05) is 6.54 Å². The fourth-order valence-corrected chi connectivity index (χ4v) is 1.99. The summed E-state index contributed by atoms with van der Waals surface area (Å²) < 4.78 is 0. The average Bonchev–Trinajstić information content (AvgIpc) is 2.35. The Morgan fingerprint density at radius 2 is 1.39 bits per heavy atom. The summed E-state index contributed by atoms with van der Waals surface area (Å²) in [7, 11) is 0. The molecule has 1 amide bonds. The van der Waals surface area contributed by atoms with Crippen LogP contribution in [0.3, 0.4) is 0 Å². The maximum absolute atomic E-state index is 11.2. The molecule has 3 N–H and O–H groups in total. The van der Waals surface area contributed by atoms with Gasteiger partial charge >= 0.3 is 0 Å². The summed E-state index contributed by atoms with van der Waals surface area (Å²) in [5, 5.41) is 2.84. The predicted octanol–water partition coefficient (Wildman–Crippen LogP) is 3.37. The molecule has 0 radical (unpaired) electrons.